The molecule has 3 aromatic rings. The Bertz CT molecular complexity index is 890. The molecule has 8 nitrogen and oxygen atoms in total. The Morgan fingerprint density at radius 2 is 1.92 bits per heavy atom. The van der Waals surface area contributed by atoms with Gasteiger partial charge in [0.1, 0.15) is 5.69 Å². The molecule has 8 heteroatoms. The first-order valence-electron chi connectivity index (χ1n) is 7.73. The van der Waals surface area contributed by atoms with Gasteiger partial charge in [-0.25, -0.2) is 0 Å². The molecule has 0 bridgehead atoms. The van der Waals surface area contributed by atoms with Gasteiger partial charge in [-0.2, -0.15) is 4.98 Å². The molecule has 0 spiro atoms. The first-order valence-corrected chi connectivity index (χ1v) is 7.73. The average molecular weight is 340 g/mol. The number of nitro groups is 1. The second-order valence-corrected chi connectivity index (χ2v) is 5.38. The molecule has 0 fully saturated rings. The first-order chi connectivity index (χ1) is 12.1. The molecule has 0 unspecified atom stereocenters. The van der Waals surface area contributed by atoms with Gasteiger partial charge in [-0.3, -0.25) is 0 Å². The molecule has 0 radical (unpaired) electrons. The van der Waals surface area contributed by atoms with Gasteiger partial charge in [-0.1, -0.05) is 36.3 Å². The fraction of sp³-hybridized carbons (Fsp3) is 0.235. The average Bonchev–Trinajstić information content (AvgIpc) is 3.09. The molecule has 0 aliphatic heterocycles. The van der Waals surface area contributed by atoms with Crippen LogP contribution in [-0.2, 0) is 13.0 Å². The number of aryl methyl sites for hydroxylation is 2. The van der Waals surface area contributed by atoms with Gasteiger partial charge in [0.2, 0.25) is 11.6 Å². The monoisotopic (exact) mass is 340 g/mol. The number of rotatable bonds is 6. The zero-order valence-corrected chi connectivity index (χ0v) is 13.8. The highest BCUT2D eigenvalue weighted by atomic mass is 16.6. The van der Waals surface area contributed by atoms with E-state index in [2.05, 4.69) is 22.0 Å². The second kappa shape index (κ2) is 7.08. The molecule has 0 saturated carbocycles. The van der Waals surface area contributed by atoms with Crippen LogP contribution in [0.2, 0.25) is 0 Å². The zero-order chi connectivity index (χ0) is 17.8. The summed E-state index contributed by atoms with van der Waals surface area (Å²) in [6, 6.07) is 11.0. The van der Waals surface area contributed by atoms with Gasteiger partial charge in [-0.05, 0) is 34.0 Å². The van der Waals surface area contributed by atoms with Crippen molar-refractivity contribution >= 4 is 5.82 Å². The lowest BCUT2D eigenvalue weighted by Crippen LogP contribution is -2.02. The van der Waals surface area contributed by atoms with Crippen molar-refractivity contribution in [3.05, 3.63) is 63.7 Å². The first kappa shape index (κ1) is 16.6. The minimum absolute atomic E-state index is 0.0580. The van der Waals surface area contributed by atoms with E-state index in [1.807, 2.05) is 24.3 Å². The third kappa shape index (κ3) is 3.79. The molecule has 2 aromatic heterocycles. The lowest BCUT2D eigenvalue weighted by Gasteiger charge is -2.03. The van der Waals surface area contributed by atoms with E-state index in [4.69, 9.17) is 9.26 Å². The van der Waals surface area contributed by atoms with E-state index in [-0.39, 0.29) is 24.1 Å². The van der Waals surface area contributed by atoms with E-state index in [0.29, 0.717) is 11.5 Å². The molecular formula is C17H16N4O4. The van der Waals surface area contributed by atoms with Crippen LogP contribution in [0.4, 0.5) is 5.82 Å². The van der Waals surface area contributed by atoms with Crippen LogP contribution in [0.25, 0.3) is 11.4 Å². The van der Waals surface area contributed by atoms with E-state index in [1.54, 1.807) is 13.0 Å². The maximum atomic E-state index is 11.0. The summed E-state index contributed by atoms with van der Waals surface area (Å²) >= 11 is 0. The standard InChI is InChI=1S/C17H16N4O4/c1-3-12-5-7-13(8-6-12)16-19-15(25-20-16)10-24-14-9-4-11(2)18-17(14)21(22)23/h4-9H,3,10H2,1-2H3. The number of pyridine rings is 1. The topological polar surface area (TPSA) is 104 Å². The third-order valence-electron chi connectivity index (χ3n) is 3.59. The Kier molecular flexibility index (Phi) is 4.69. The van der Waals surface area contributed by atoms with Crippen LogP contribution in [0.1, 0.15) is 24.1 Å². The summed E-state index contributed by atoms with van der Waals surface area (Å²) < 4.78 is 10.6. The predicted molar refractivity (Wildman–Crippen MR) is 89.1 cm³/mol. The molecule has 0 aliphatic carbocycles. The predicted octanol–water partition coefficient (Wildman–Crippen LogP) is 3.49. The van der Waals surface area contributed by atoms with Gasteiger partial charge in [0.15, 0.2) is 6.61 Å². The Hall–Kier alpha value is -3.29. The SMILES string of the molecule is CCc1ccc(-c2noc(COc3ccc(C)nc3[N+](=O)[O-])n2)cc1. The summed E-state index contributed by atoms with van der Waals surface area (Å²) in [7, 11) is 0. The van der Waals surface area contributed by atoms with Crippen molar-refractivity contribution in [3.63, 3.8) is 0 Å². The Balaban J connectivity index is 1.73. The summed E-state index contributed by atoms with van der Waals surface area (Å²) in [4.78, 5) is 18.6. The largest absolute Gasteiger partial charge is 0.476 e. The Labute approximate surface area is 143 Å². The molecule has 128 valence electrons. The number of hydrogen-bond donors (Lipinski definition) is 0. The highest BCUT2D eigenvalue weighted by Gasteiger charge is 2.19. The minimum atomic E-state index is -0.586. The van der Waals surface area contributed by atoms with Crippen molar-refractivity contribution in [2.45, 2.75) is 26.9 Å². The smallest absolute Gasteiger partial charge is 0.406 e. The maximum Gasteiger partial charge on any atom is 0.406 e. The molecule has 0 N–H and O–H groups in total. The van der Waals surface area contributed by atoms with Crippen molar-refractivity contribution in [2.24, 2.45) is 0 Å². The fourth-order valence-electron chi connectivity index (χ4n) is 2.23. The molecule has 3 rings (SSSR count). The quantitative estimate of drug-likeness (QED) is 0.499. The summed E-state index contributed by atoms with van der Waals surface area (Å²) in [6.45, 7) is 3.68. The van der Waals surface area contributed by atoms with E-state index < -0.39 is 4.92 Å². The van der Waals surface area contributed by atoms with Crippen LogP contribution >= 0.6 is 0 Å². The Morgan fingerprint density at radius 3 is 2.60 bits per heavy atom. The van der Waals surface area contributed by atoms with Gasteiger partial charge < -0.3 is 19.4 Å². The van der Waals surface area contributed by atoms with Crippen molar-refractivity contribution in [1.29, 1.82) is 0 Å². The second-order valence-electron chi connectivity index (χ2n) is 5.38. The molecule has 0 aliphatic rings. The van der Waals surface area contributed by atoms with E-state index in [1.165, 1.54) is 11.6 Å². The van der Waals surface area contributed by atoms with Crippen LogP contribution in [0.5, 0.6) is 5.75 Å². The number of benzene rings is 1. The van der Waals surface area contributed by atoms with E-state index in [0.717, 1.165) is 12.0 Å². The molecule has 0 atom stereocenters. The van der Waals surface area contributed by atoms with E-state index >= 15 is 0 Å². The van der Waals surface area contributed by atoms with Crippen molar-refractivity contribution in [3.8, 4) is 17.1 Å². The van der Waals surface area contributed by atoms with Gasteiger partial charge in [0, 0.05) is 12.5 Å². The highest BCUT2D eigenvalue weighted by molar-refractivity contribution is 5.54. The highest BCUT2D eigenvalue weighted by Crippen LogP contribution is 2.25. The molecular weight excluding hydrogens is 324 g/mol. The normalized spacial score (nSPS) is 10.6. The van der Waals surface area contributed by atoms with Crippen LogP contribution < -0.4 is 4.74 Å². The molecule has 0 saturated heterocycles. The number of hydrogen-bond acceptors (Lipinski definition) is 7. The van der Waals surface area contributed by atoms with Crippen LogP contribution in [0, 0.1) is 17.0 Å². The molecule has 2 heterocycles. The van der Waals surface area contributed by atoms with Gasteiger partial charge in [0.25, 0.3) is 5.89 Å². The van der Waals surface area contributed by atoms with Crippen LogP contribution in [-0.4, -0.2) is 20.0 Å². The van der Waals surface area contributed by atoms with Gasteiger partial charge in [0.05, 0.1) is 0 Å². The minimum Gasteiger partial charge on any atom is -0.476 e. The lowest BCUT2D eigenvalue weighted by molar-refractivity contribution is -0.390. The molecule has 0 amide bonds. The lowest BCUT2D eigenvalue weighted by atomic mass is 10.1. The number of aromatic nitrogens is 3. The summed E-state index contributed by atoms with van der Waals surface area (Å²) in [5, 5.41) is 14.9. The van der Waals surface area contributed by atoms with Crippen molar-refractivity contribution < 1.29 is 14.2 Å². The van der Waals surface area contributed by atoms with Crippen LogP contribution in [0.15, 0.2) is 40.9 Å². The zero-order valence-electron chi connectivity index (χ0n) is 13.8. The van der Waals surface area contributed by atoms with Crippen LogP contribution in [0.3, 0.4) is 0 Å². The number of nitrogens with zero attached hydrogens (tertiary/aromatic N) is 4. The van der Waals surface area contributed by atoms with Gasteiger partial charge in [-0.15, -0.1) is 0 Å². The third-order valence-corrected chi connectivity index (χ3v) is 3.59. The summed E-state index contributed by atoms with van der Waals surface area (Å²) in [5.41, 5.74) is 2.58. The molecule has 1 aromatic carbocycles. The van der Waals surface area contributed by atoms with Gasteiger partial charge >= 0.3 is 5.82 Å². The van der Waals surface area contributed by atoms with Crippen molar-refractivity contribution in [1.82, 2.24) is 15.1 Å². The maximum absolute atomic E-state index is 11.0. The molecule has 25 heavy (non-hydrogen) atoms. The Morgan fingerprint density at radius 1 is 1.16 bits per heavy atom. The van der Waals surface area contributed by atoms with Crippen molar-refractivity contribution in [2.75, 3.05) is 0 Å². The summed E-state index contributed by atoms with van der Waals surface area (Å²) in [6.07, 6.45) is 0.953. The number of ether oxygens (including phenoxy) is 1. The summed E-state index contributed by atoms with van der Waals surface area (Å²) in [5.74, 6) is 0.389. The van der Waals surface area contributed by atoms with E-state index in [9.17, 15) is 10.1 Å². The fourth-order valence-corrected chi connectivity index (χ4v) is 2.23.